The predicted molar refractivity (Wildman–Crippen MR) is 68.7 cm³/mol. The average Bonchev–Trinajstić information content (AvgIpc) is 2.57. The van der Waals surface area contributed by atoms with Gasteiger partial charge in [0, 0.05) is 11.0 Å². The van der Waals surface area contributed by atoms with E-state index in [2.05, 4.69) is 0 Å². The molecule has 0 amide bonds. The van der Waals surface area contributed by atoms with Crippen molar-refractivity contribution in [2.24, 2.45) is 5.41 Å². The van der Waals surface area contributed by atoms with Crippen molar-refractivity contribution in [2.75, 3.05) is 0 Å². The molecule has 0 bridgehead atoms. The number of carbonyl (C=O) groups is 2. The molecule has 0 saturated heterocycles. The molecule has 2 aliphatic rings. The summed E-state index contributed by atoms with van der Waals surface area (Å²) in [6.07, 6.45) is -0.222. The van der Waals surface area contributed by atoms with Crippen LogP contribution in [0.5, 0.6) is 5.75 Å². The van der Waals surface area contributed by atoms with E-state index in [1.807, 2.05) is 20.8 Å². The first-order chi connectivity index (χ1) is 8.85. The van der Waals surface area contributed by atoms with E-state index >= 15 is 0 Å². The van der Waals surface area contributed by atoms with E-state index in [9.17, 15) is 14.7 Å². The van der Waals surface area contributed by atoms with Gasteiger partial charge in [0.1, 0.15) is 17.6 Å². The molecule has 1 atom stereocenters. The highest BCUT2D eigenvalue weighted by Crippen LogP contribution is 2.50. The Morgan fingerprint density at radius 2 is 1.89 bits per heavy atom. The second kappa shape index (κ2) is 3.47. The first kappa shape index (κ1) is 12.0. The van der Waals surface area contributed by atoms with Crippen LogP contribution < -0.4 is 0 Å². The topological polar surface area (TPSA) is 63.6 Å². The van der Waals surface area contributed by atoms with Gasteiger partial charge in [-0.3, -0.25) is 9.59 Å². The minimum Gasteiger partial charge on any atom is -0.507 e. The van der Waals surface area contributed by atoms with E-state index in [4.69, 9.17) is 4.74 Å². The number of ether oxygens (including phenoxy) is 1. The second-order valence-corrected chi connectivity index (χ2v) is 5.54. The molecular weight excluding hydrogens is 244 g/mol. The molecule has 1 N–H and O–H groups in total. The minimum atomic E-state index is -0.574. The van der Waals surface area contributed by atoms with Crippen molar-refractivity contribution in [1.29, 1.82) is 0 Å². The van der Waals surface area contributed by atoms with Gasteiger partial charge >= 0.3 is 0 Å². The number of fused-ring (bicyclic) bond motifs is 2. The molecule has 0 spiro atoms. The van der Waals surface area contributed by atoms with Gasteiger partial charge in [-0.05, 0) is 19.1 Å². The van der Waals surface area contributed by atoms with E-state index in [1.54, 1.807) is 12.1 Å². The maximum Gasteiger partial charge on any atom is 0.234 e. The first-order valence-corrected chi connectivity index (χ1v) is 6.18. The molecule has 1 unspecified atom stereocenters. The van der Waals surface area contributed by atoms with Gasteiger partial charge in [0.05, 0.1) is 11.1 Å². The number of rotatable bonds is 0. The fourth-order valence-electron chi connectivity index (χ4n) is 2.66. The number of phenols is 1. The zero-order valence-electron chi connectivity index (χ0n) is 11.0. The third-order valence-electron chi connectivity index (χ3n) is 4.13. The number of benzene rings is 1. The average molecular weight is 258 g/mol. The van der Waals surface area contributed by atoms with Gasteiger partial charge in [0.25, 0.3) is 0 Å². The Hall–Kier alpha value is -2.10. The van der Waals surface area contributed by atoms with Crippen molar-refractivity contribution in [3.8, 4) is 5.75 Å². The van der Waals surface area contributed by atoms with Crippen molar-refractivity contribution in [3.05, 3.63) is 34.9 Å². The standard InChI is InChI=1S/C15H14O4/c1-7-15(2,3)11-13(18)12(17)8-5-4-6-9(16)10(8)14(11)19-7/h4-7,16H,1-3H3. The number of phenolic OH excluding ortho intramolecular Hbond substituents is 1. The summed E-state index contributed by atoms with van der Waals surface area (Å²) in [4.78, 5) is 24.4. The summed E-state index contributed by atoms with van der Waals surface area (Å²) in [5.41, 5.74) is 0.398. The SMILES string of the molecule is CC1OC2=C(C(=O)C(=O)c3cccc(O)c32)C1(C)C. The highest BCUT2D eigenvalue weighted by molar-refractivity contribution is 6.52. The summed E-state index contributed by atoms with van der Waals surface area (Å²) in [5.74, 6) is -0.774. The van der Waals surface area contributed by atoms with Crippen LogP contribution >= 0.6 is 0 Å². The molecule has 19 heavy (non-hydrogen) atoms. The number of Topliss-reactive ketones (excluding diaryl/α,β-unsaturated/α-hetero) is 2. The normalized spacial score (nSPS) is 24.1. The number of hydrogen-bond donors (Lipinski definition) is 1. The zero-order chi connectivity index (χ0) is 13.9. The lowest BCUT2D eigenvalue weighted by Gasteiger charge is -2.24. The van der Waals surface area contributed by atoms with Crippen LogP contribution in [0, 0.1) is 5.41 Å². The molecule has 3 rings (SSSR count). The molecule has 0 fully saturated rings. The lowest BCUT2D eigenvalue weighted by molar-refractivity contribution is -0.112. The second-order valence-electron chi connectivity index (χ2n) is 5.54. The third-order valence-corrected chi connectivity index (χ3v) is 4.13. The number of carbonyl (C=O) groups excluding carboxylic acids is 2. The largest absolute Gasteiger partial charge is 0.507 e. The Labute approximate surface area is 110 Å². The van der Waals surface area contributed by atoms with E-state index in [0.717, 1.165) is 0 Å². The molecule has 4 heteroatoms. The van der Waals surface area contributed by atoms with Crippen molar-refractivity contribution >= 4 is 17.3 Å². The van der Waals surface area contributed by atoms with Crippen LogP contribution in [0.2, 0.25) is 0 Å². The summed E-state index contributed by atoms with van der Waals surface area (Å²) in [7, 11) is 0. The van der Waals surface area contributed by atoms with Gasteiger partial charge in [-0.15, -0.1) is 0 Å². The van der Waals surface area contributed by atoms with Crippen LogP contribution in [0.25, 0.3) is 5.76 Å². The Bertz CT molecular complexity index is 652. The summed E-state index contributed by atoms with van der Waals surface area (Å²) in [5, 5.41) is 9.99. The van der Waals surface area contributed by atoms with Crippen molar-refractivity contribution in [2.45, 2.75) is 26.9 Å². The fourth-order valence-corrected chi connectivity index (χ4v) is 2.66. The van der Waals surface area contributed by atoms with Crippen molar-refractivity contribution in [3.63, 3.8) is 0 Å². The van der Waals surface area contributed by atoms with Gasteiger partial charge < -0.3 is 9.84 Å². The monoisotopic (exact) mass is 258 g/mol. The summed E-state index contributed by atoms with van der Waals surface area (Å²) in [6.45, 7) is 5.60. The van der Waals surface area contributed by atoms with Gasteiger partial charge in [-0.1, -0.05) is 19.9 Å². The smallest absolute Gasteiger partial charge is 0.234 e. The molecular formula is C15H14O4. The van der Waals surface area contributed by atoms with Gasteiger partial charge in [0.15, 0.2) is 0 Å². The molecule has 1 aromatic carbocycles. The molecule has 0 saturated carbocycles. The molecule has 1 aliphatic heterocycles. The highest BCUT2D eigenvalue weighted by atomic mass is 16.5. The van der Waals surface area contributed by atoms with Gasteiger partial charge in [-0.25, -0.2) is 0 Å². The molecule has 0 aromatic heterocycles. The summed E-state index contributed by atoms with van der Waals surface area (Å²) in [6, 6.07) is 4.58. The van der Waals surface area contributed by atoms with Crippen LogP contribution in [0.4, 0.5) is 0 Å². The first-order valence-electron chi connectivity index (χ1n) is 6.18. The van der Waals surface area contributed by atoms with Gasteiger partial charge in [-0.2, -0.15) is 0 Å². The highest BCUT2D eigenvalue weighted by Gasteiger charge is 2.50. The summed E-state index contributed by atoms with van der Waals surface area (Å²) >= 11 is 0. The third kappa shape index (κ3) is 1.34. The molecule has 1 aliphatic carbocycles. The minimum absolute atomic E-state index is 0.0317. The van der Waals surface area contributed by atoms with E-state index in [1.165, 1.54) is 6.07 Å². The molecule has 1 heterocycles. The summed E-state index contributed by atoms with van der Waals surface area (Å²) < 4.78 is 5.75. The maximum absolute atomic E-state index is 12.3. The molecule has 98 valence electrons. The lowest BCUT2D eigenvalue weighted by atomic mass is 9.74. The Balaban J connectivity index is 2.37. The van der Waals surface area contributed by atoms with Crippen LogP contribution in [0.3, 0.4) is 0 Å². The van der Waals surface area contributed by atoms with Gasteiger partial charge in [0.2, 0.25) is 11.6 Å². The zero-order valence-corrected chi connectivity index (χ0v) is 11.0. The fraction of sp³-hybridized carbons (Fsp3) is 0.333. The Morgan fingerprint density at radius 1 is 1.21 bits per heavy atom. The maximum atomic E-state index is 12.3. The number of aromatic hydroxyl groups is 1. The Kier molecular flexibility index (Phi) is 2.18. The predicted octanol–water partition coefficient (Wildman–Crippen LogP) is 2.31. The van der Waals surface area contributed by atoms with Crippen LogP contribution in [0.15, 0.2) is 23.8 Å². The van der Waals surface area contributed by atoms with Crippen LogP contribution in [-0.4, -0.2) is 22.8 Å². The van der Waals surface area contributed by atoms with Crippen LogP contribution in [0.1, 0.15) is 36.7 Å². The number of ketones is 2. The van der Waals surface area contributed by atoms with Crippen molar-refractivity contribution < 1.29 is 19.4 Å². The number of hydrogen-bond acceptors (Lipinski definition) is 4. The molecule has 1 aromatic rings. The van der Waals surface area contributed by atoms with Crippen molar-refractivity contribution in [1.82, 2.24) is 0 Å². The molecule has 4 nitrogen and oxygen atoms in total. The van der Waals surface area contributed by atoms with E-state index in [-0.39, 0.29) is 17.4 Å². The lowest BCUT2D eigenvalue weighted by Crippen LogP contribution is -2.32. The Morgan fingerprint density at radius 3 is 2.58 bits per heavy atom. The quantitative estimate of drug-likeness (QED) is 0.725. The van der Waals surface area contributed by atoms with Crippen LogP contribution in [-0.2, 0) is 9.53 Å². The molecule has 0 radical (unpaired) electrons. The van der Waals surface area contributed by atoms with E-state index in [0.29, 0.717) is 16.9 Å². The van der Waals surface area contributed by atoms with E-state index < -0.39 is 17.0 Å².